The maximum atomic E-state index is 12.4. The Kier molecular flexibility index (Phi) is 5.86. The third-order valence-corrected chi connectivity index (χ3v) is 5.02. The average molecular weight is 345 g/mol. The van der Waals surface area contributed by atoms with Gasteiger partial charge in [-0.2, -0.15) is 0 Å². The molecule has 1 aliphatic carbocycles. The molecule has 5 heteroatoms. The van der Waals surface area contributed by atoms with Gasteiger partial charge in [-0.1, -0.05) is 45.2 Å². The zero-order valence-corrected chi connectivity index (χ0v) is 15.1. The molecule has 4 rings (SSSR count). The number of hydrogen-bond acceptors (Lipinski definition) is 4. The molecule has 1 aromatic rings. The van der Waals surface area contributed by atoms with Gasteiger partial charge < -0.3 is 9.47 Å². The molecule has 1 saturated heterocycles. The van der Waals surface area contributed by atoms with Crippen LogP contribution in [0, 0.1) is 0 Å². The first-order chi connectivity index (χ1) is 12.2. The van der Waals surface area contributed by atoms with Gasteiger partial charge in [-0.25, -0.2) is 0 Å². The van der Waals surface area contributed by atoms with E-state index in [2.05, 4.69) is 0 Å². The molecule has 2 aliphatic heterocycles. The summed E-state index contributed by atoms with van der Waals surface area (Å²) >= 11 is 0. The Morgan fingerprint density at radius 2 is 1.56 bits per heavy atom. The summed E-state index contributed by atoms with van der Waals surface area (Å²) in [7, 11) is 0. The molecule has 25 heavy (non-hydrogen) atoms. The first kappa shape index (κ1) is 18.1. The smallest absolute Gasteiger partial charge is 0.261 e. The van der Waals surface area contributed by atoms with E-state index in [1.54, 1.807) is 24.3 Å². The van der Waals surface area contributed by atoms with Crippen molar-refractivity contribution in [1.29, 1.82) is 0 Å². The molecule has 136 valence electrons. The largest absolute Gasteiger partial charge is 0.373 e. The maximum Gasteiger partial charge on any atom is 0.261 e. The summed E-state index contributed by atoms with van der Waals surface area (Å²) in [4.78, 5) is 26.2. The molecule has 2 heterocycles. The maximum absolute atomic E-state index is 12.4. The van der Waals surface area contributed by atoms with Crippen molar-refractivity contribution in [3.63, 3.8) is 0 Å². The van der Waals surface area contributed by atoms with Crippen LogP contribution in [0.3, 0.4) is 0 Å². The minimum absolute atomic E-state index is 0.103. The molecule has 0 spiro atoms. The van der Waals surface area contributed by atoms with Crippen molar-refractivity contribution in [2.45, 2.75) is 64.3 Å². The number of nitrogens with zero attached hydrogens (tertiary/aromatic N) is 1. The Labute approximate surface area is 149 Å². The second-order valence-corrected chi connectivity index (χ2v) is 6.57. The van der Waals surface area contributed by atoms with Crippen LogP contribution in [0.1, 0.15) is 66.7 Å². The Balaban J connectivity index is 0.000000880. The Morgan fingerprint density at radius 3 is 2.20 bits per heavy atom. The van der Waals surface area contributed by atoms with E-state index in [9.17, 15) is 9.59 Å². The zero-order chi connectivity index (χ0) is 17.8. The van der Waals surface area contributed by atoms with Gasteiger partial charge in [0.1, 0.15) is 0 Å². The van der Waals surface area contributed by atoms with E-state index in [0.717, 1.165) is 19.3 Å². The van der Waals surface area contributed by atoms with E-state index in [4.69, 9.17) is 9.47 Å². The molecule has 2 fully saturated rings. The fraction of sp³-hybridized carbons (Fsp3) is 0.600. The van der Waals surface area contributed by atoms with Crippen molar-refractivity contribution in [2.75, 3.05) is 13.2 Å². The lowest BCUT2D eigenvalue weighted by molar-refractivity contribution is -0.182. The number of amides is 2. The van der Waals surface area contributed by atoms with Gasteiger partial charge in [0.2, 0.25) is 0 Å². The van der Waals surface area contributed by atoms with Crippen molar-refractivity contribution in [2.24, 2.45) is 0 Å². The summed E-state index contributed by atoms with van der Waals surface area (Å²) < 4.78 is 12.1. The van der Waals surface area contributed by atoms with Gasteiger partial charge in [0, 0.05) is 0 Å². The molecule has 0 radical (unpaired) electrons. The molecule has 1 aromatic carbocycles. The van der Waals surface area contributed by atoms with Crippen molar-refractivity contribution in [3.8, 4) is 0 Å². The number of carbonyl (C=O) groups is 2. The molecule has 3 aliphatic rings. The van der Waals surface area contributed by atoms with Gasteiger partial charge in [-0.05, 0) is 25.0 Å². The normalized spacial score (nSPS) is 28.6. The monoisotopic (exact) mass is 345 g/mol. The lowest BCUT2D eigenvalue weighted by Gasteiger charge is -2.37. The Bertz CT molecular complexity index is 595. The van der Waals surface area contributed by atoms with Gasteiger partial charge in [-0.3, -0.25) is 14.5 Å². The summed E-state index contributed by atoms with van der Waals surface area (Å²) in [6.45, 7) is 4.73. The van der Waals surface area contributed by atoms with E-state index in [0.29, 0.717) is 17.7 Å². The van der Waals surface area contributed by atoms with E-state index in [1.165, 1.54) is 17.7 Å². The highest BCUT2D eigenvalue weighted by Gasteiger charge is 2.39. The van der Waals surface area contributed by atoms with Crippen LogP contribution in [0.15, 0.2) is 24.3 Å². The van der Waals surface area contributed by atoms with Gasteiger partial charge in [0.15, 0.2) is 0 Å². The van der Waals surface area contributed by atoms with E-state index in [1.807, 2.05) is 13.8 Å². The number of imide groups is 1. The van der Waals surface area contributed by atoms with E-state index < -0.39 is 0 Å². The second-order valence-electron chi connectivity index (χ2n) is 6.57. The summed E-state index contributed by atoms with van der Waals surface area (Å²) in [5, 5.41) is 0. The number of benzene rings is 1. The lowest BCUT2D eigenvalue weighted by atomic mass is 10.1. The van der Waals surface area contributed by atoms with Gasteiger partial charge in [0.05, 0.1) is 42.6 Å². The molecular formula is C20H27NO4. The Hall–Kier alpha value is -1.72. The number of rotatable bonds is 2. The van der Waals surface area contributed by atoms with E-state index in [-0.39, 0.29) is 36.7 Å². The number of carbonyl (C=O) groups excluding carboxylic acids is 2. The van der Waals surface area contributed by atoms with Crippen molar-refractivity contribution in [1.82, 2.24) is 4.90 Å². The first-order valence-electron chi connectivity index (χ1n) is 9.46. The second kappa shape index (κ2) is 8.11. The Morgan fingerprint density at radius 1 is 0.960 bits per heavy atom. The van der Waals surface area contributed by atoms with Crippen molar-refractivity contribution >= 4 is 11.8 Å². The van der Waals surface area contributed by atoms with Crippen LogP contribution >= 0.6 is 0 Å². The predicted molar refractivity (Wildman–Crippen MR) is 94.6 cm³/mol. The molecule has 3 unspecified atom stereocenters. The van der Waals surface area contributed by atoms with Crippen molar-refractivity contribution < 1.29 is 19.1 Å². The van der Waals surface area contributed by atoms with Crippen molar-refractivity contribution in [3.05, 3.63) is 35.4 Å². The first-order valence-corrected chi connectivity index (χ1v) is 9.46. The molecule has 1 saturated carbocycles. The average Bonchev–Trinajstić information content (AvgIpc) is 2.83. The molecule has 0 N–H and O–H groups in total. The summed E-state index contributed by atoms with van der Waals surface area (Å²) in [5.74, 6) is -0.450. The van der Waals surface area contributed by atoms with Crippen LogP contribution in [0.2, 0.25) is 0 Å². The number of ether oxygens (including phenoxy) is 2. The van der Waals surface area contributed by atoms with Crippen LogP contribution in [-0.4, -0.2) is 48.2 Å². The topological polar surface area (TPSA) is 55.8 Å². The van der Waals surface area contributed by atoms with Gasteiger partial charge in [0.25, 0.3) is 11.8 Å². The fourth-order valence-electron chi connectivity index (χ4n) is 3.81. The number of fused-ring (bicyclic) bond motifs is 2. The molecule has 0 bridgehead atoms. The SMILES string of the molecule is CC.O=C1c2ccccc2C(=O)N1CC1COC2CCCCCC2O1. The molecule has 0 aromatic heterocycles. The van der Waals surface area contributed by atoms with Crippen LogP contribution in [0.4, 0.5) is 0 Å². The van der Waals surface area contributed by atoms with E-state index >= 15 is 0 Å². The standard InChI is InChI=1S/C18H21NO4.C2H6/c20-17-13-6-4-5-7-14(13)18(21)19(17)10-12-11-22-15-8-2-1-3-9-16(15)23-12;1-2/h4-7,12,15-16H,1-3,8-11H2;1-2H3. The van der Waals surface area contributed by atoms with Gasteiger partial charge in [-0.15, -0.1) is 0 Å². The fourth-order valence-corrected chi connectivity index (χ4v) is 3.81. The van der Waals surface area contributed by atoms with Crippen LogP contribution in [0.25, 0.3) is 0 Å². The minimum Gasteiger partial charge on any atom is -0.373 e. The minimum atomic E-state index is -0.225. The summed E-state index contributed by atoms with van der Waals surface area (Å²) in [5.41, 5.74) is 0.975. The third-order valence-electron chi connectivity index (χ3n) is 5.02. The molecule has 2 amide bonds. The quantitative estimate of drug-likeness (QED) is 0.771. The van der Waals surface area contributed by atoms with Crippen LogP contribution in [-0.2, 0) is 9.47 Å². The summed E-state index contributed by atoms with van der Waals surface area (Å²) in [6, 6.07) is 6.97. The predicted octanol–water partition coefficient (Wildman–Crippen LogP) is 3.43. The summed E-state index contributed by atoms with van der Waals surface area (Å²) in [6.07, 6.45) is 5.67. The third kappa shape index (κ3) is 3.62. The highest BCUT2D eigenvalue weighted by atomic mass is 16.6. The lowest BCUT2D eigenvalue weighted by Crippen LogP contribution is -2.48. The number of hydrogen-bond donors (Lipinski definition) is 0. The zero-order valence-electron chi connectivity index (χ0n) is 15.1. The van der Waals surface area contributed by atoms with Crippen LogP contribution in [0.5, 0.6) is 0 Å². The van der Waals surface area contributed by atoms with Crippen LogP contribution < -0.4 is 0 Å². The molecular weight excluding hydrogens is 318 g/mol. The van der Waals surface area contributed by atoms with Gasteiger partial charge >= 0.3 is 0 Å². The highest BCUT2D eigenvalue weighted by molar-refractivity contribution is 6.21. The molecule has 3 atom stereocenters. The highest BCUT2D eigenvalue weighted by Crippen LogP contribution is 2.29. The molecule has 5 nitrogen and oxygen atoms in total.